The first kappa shape index (κ1) is 20.7. The minimum atomic E-state index is -0.550. The summed E-state index contributed by atoms with van der Waals surface area (Å²) in [6.07, 6.45) is 9.11. The van der Waals surface area contributed by atoms with Crippen molar-refractivity contribution in [1.29, 1.82) is 0 Å². The zero-order chi connectivity index (χ0) is 23.3. The summed E-state index contributed by atoms with van der Waals surface area (Å²) >= 11 is 0. The number of piperidine rings is 1. The predicted molar refractivity (Wildman–Crippen MR) is 134 cm³/mol. The van der Waals surface area contributed by atoms with Gasteiger partial charge in [0.15, 0.2) is 11.5 Å². The molecular weight excluding hydrogens is 426 g/mol. The van der Waals surface area contributed by atoms with E-state index >= 15 is 0 Å². The maximum Gasteiger partial charge on any atom is 0.180 e. The van der Waals surface area contributed by atoms with E-state index in [0.717, 1.165) is 65.2 Å². The maximum absolute atomic E-state index is 10.2. The molecule has 5 aromatic rings. The summed E-state index contributed by atoms with van der Waals surface area (Å²) in [6.45, 7) is 3.64. The fourth-order valence-corrected chi connectivity index (χ4v) is 4.58. The highest BCUT2D eigenvalue weighted by Crippen LogP contribution is 2.29. The predicted octanol–water partition coefficient (Wildman–Crippen LogP) is 4.38. The van der Waals surface area contributed by atoms with E-state index in [0.29, 0.717) is 5.82 Å². The Morgan fingerprint density at radius 3 is 2.62 bits per heavy atom. The number of fused-ring (bicyclic) bond motifs is 2. The quantitative estimate of drug-likeness (QED) is 0.420. The number of hydrogen-bond acceptors (Lipinski definition) is 6. The summed E-state index contributed by atoms with van der Waals surface area (Å²) in [5.74, 6) is 0.703. The molecule has 8 nitrogen and oxygen atoms in total. The van der Waals surface area contributed by atoms with E-state index in [9.17, 15) is 5.11 Å². The molecule has 0 amide bonds. The molecule has 34 heavy (non-hydrogen) atoms. The summed E-state index contributed by atoms with van der Waals surface area (Å²) in [5.41, 5.74) is 6.24. The van der Waals surface area contributed by atoms with Gasteiger partial charge in [0, 0.05) is 55.7 Å². The molecule has 1 saturated heterocycles. The van der Waals surface area contributed by atoms with E-state index < -0.39 is 5.60 Å². The van der Waals surface area contributed by atoms with Crippen molar-refractivity contribution in [3.63, 3.8) is 0 Å². The molecule has 1 fully saturated rings. The van der Waals surface area contributed by atoms with Crippen LogP contribution in [0.5, 0.6) is 0 Å². The Bertz CT molecular complexity index is 1470. The second-order valence-corrected chi connectivity index (χ2v) is 9.35. The van der Waals surface area contributed by atoms with Crippen LogP contribution < -0.4 is 10.2 Å². The second kappa shape index (κ2) is 7.85. The van der Waals surface area contributed by atoms with Crippen LogP contribution in [-0.2, 0) is 7.05 Å². The lowest BCUT2D eigenvalue weighted by molar-refractivity contribution is 0.0351. The van der Waals surface area contributed by atoms with Crippen molar-refractivity contribution >= 4 is 33.9 Å². The van der Waals surface area contributed by atoms with E-state index in [2.05, 4.69) is 56.6 Å². The Hall–Kier alpha value is -3.91. The van der Waals surface area contributed by atoms with E-state index in [1.54, 1.807) is 6.20 Å². The van der Waals surface area contributed by atoms with Crippen LogP contribution in [0.3, 0.4) is 0 Å². The molecule has 8 heteroatoms. The van der Waals surface area contributed by atoms with Crippen LogP contribution in [-0.4, -0.2) is 47.7 Å². The number of hydrogen-bond donors (Lipinski definition) is 2. The Labute approximate surface area is 197 Å². The first-order valence-electron chi connectivity index (χ1n) is 11.5. The molecule has 4 heterocycles. The number of aryl methyl sites for hydroxylation is 1. The number of anilines is 3. The van der Waals surface area contributed by atoms with E-state index in [1.807, 2.05) is 47.7 Å². The summed E-state index contributed by atoms with van der Waals surface area (Å²) in [6, 6.07) is 14.6. The Kier molecular flexibility index (Phi) is 4.77. The molecule has 172 valence electrons. The van der Waals surface area contributed by atoms with Crippen LogP contribution in [0, 0.1) is 0 Å². The van der Waals surface area contributed by atoms with Gasteiger partial charge in [-0.2, -0.15) is 0 Å². The van der Waals surface area contributed by atoms with Crippen molar-refractivity contribution in [3.05, 3.63) is 67.4 Å². The van der Waals surface area contributed by atoms with Gasteiger partial charge in [0.1, 0.15) is 0 Å². The van der Waals surface area contributed by atoms with E-state index in [-0.39, 0.29) is 0 Å². The molecule has 2 N–H and O–H groups in total. The molecule has 1 aliphatic heterocycles. The van der Waals surface area contributed by atoms with Crippen LogP contribution in [0.15, 0.2) is 67.4 Å². The average molecular weight is 454 g/mol. The van der Waals surface area contributed by atoms with Crippen molar-refractivity contribution in [2.45, 2.75) is 25.4 Å². The van der Waals surface area contributed by atoms with Gasteiger partial charge in [-0.05, 0) is 56.2 Å². The van der Waals surface area contributed by atoms with Crippen LogP contribution in [0.25, 0.3) is 27.9 Å². The highest BCUT2D eigenvalue weighted by molar-refractivity contribution is 5.82. The van der Waals surface area contributed by atoms with Gasteiger partial charge in [-0.3, -0.25) is 0 Å². The molecule has 0 unspecified atom stereocenters. The van der Waals surface area contributed by atoms with E-state index in [1.165, 1.54) is 0 Å². The van der Waals surface area contributed by atoms with Gasteiger partial charge in [0.2, 0.25) is 0 Å². The largest absolute Gasteiger partial charge is 0.390 e. The molecule has 2 aromatic carbocycles. The van der Waals surface area contributed by atoms with Gasteiger partial charge in [-0.15, -0.1) is 0 Å². The highest BCUT2D eigenvalue weighted by atomic mass is 16.3. The van der Waals surface area contributed by atoms with Crippen molar-refractivity contribution in [2.75, 3.05) is 23.3 Å². The van der Waals surface area contributed by atoms with Crippen molar-refractivity contribution in [1.82, 2.24) is 23.9 Å². The lowest BCUT2D eigenvalue weighted by Crippen LogP contribution is -2.42. The van der Waals surface area contributed by atoms with Gasteiger partial charge in [0.05, 0.1) is 28.7 Å². The maximum atomic E-state index is 10.2. The van der Waals surface area contributed by atoms with Crippen LogP contribution >= 0.6 is 0 Å². The van der Waals surface area contributed by atoms with E-state index in [4.69, 9.17) is 4.98 Å². The molecule has 0 bridgehead atoms. The van der Waals surface area contributed by atoms with Crippen molar-refractivity contribution < 1.29 is 5.11 Å². The Balaban J connectivity index is 1.30. The summed E-state index contributed by atoms with van der Waals surface area (Å²) in [7, 11) is 1.99. The normalized spacial score (nSPS) is 15.8. The molecular formula is C26H27N7O. The zero-order valence-electron chi connectivity index (χ0n) is 19.3. The summed E-state index contributed by atoms with van der Waals surface area (Å²) in [5, 5.41) is 13.7. The molecule has 3 aromatic heterocycles. The van der Waals surface area contributed by atoms with Crippen LogP contribution in [0.4, 0.5) is 17.2 Å². The SMILES string of the molecule is Cn1cnc2ccc(-c3cn4ccnc4c(Nc4ccc(N5CCC(C)(O)CC5)cc4)n3)cc21. The number of nitrogens with zero attached hydrogens (tertiary/aromatic N) is 6. The monoisotopic (exact) mass is 453 g/mol. The van der Waals surface area contributed by atoms with Crippen LogP contribution in [0.1, 0.15) is 19.8 Å². The van der Waals surface area contributed by atoms with Crippen LogP contribution in [0.2, 0.25) is 0 Å². The third-order valence-electron chi connectivity index (χ3n) is 6.73. The first-order valence-corrected chi connectivity index (χ1v) is 11.5. The Morgan fingerprint density at radius 1 is 1.03 bits per heavy atom. The average Bonchev–Trinajstić information content (AvgIpc) is 3.46. The lowest BCUT2D eigenvalue weighted by atomic mass is 9.93. The molecule has 0 atom stereocenters. The minimum absolute atomic E-state index is 0.550. The summed E-state index contributed by atoms with van der Waals surface area (Å²) in [4.78, 5) is 16.2. The Morgan fingerprint density at radius 2 is 1.82 bits per heavy atom. The molecule has 6 rings (SSSR count). The number of benzene rings is 2. The van der Waals surface area contributed by atoms with Crippen molar-refractivity contribution in [3.8, 4) is 11.3 Å². The van der Waals surface area contributed by atoms with Gasteiger partial charge in [-0.1, -0.05) is 6.07 Å². The fourth-order valence-electron chi connectivity index (χ4n) is 4.58. The van der Waals surface area contributed by atoms with Gasteiger partial charge in [-0.25, -0.2) is 15.0 Å². The lowest BCUT2D eigenvalue weighted by Gasteiger charge is -2.37. The standard InChI is InChI=1S/C26H27N7O/c1-26(34)9-12-32(13-10-26)20-6-4-19(5-7-20)29-24-25-27-11-14-33(25)16-22(30-24)18-3-8-21-23(15-18)31(2)17-28-21/h3-8,11,14-17,34H,9-10,12-13H2,1-2H3,(H,29,30). The molecule has 0 radical (unpaired) electrons. The number of nitrogens with one attached hydrogen (secondary N) is 1. The number of rotatable bonds is 4. The highest BCUT2D eigenvalue weighted by Gasteiger charge is 2.27. The van der Waals surface area contributed by atoms with Gasteiger partial charge >= 0.3 is 0 Å². The number of aliphatic hydroxyl groups is 1. The smallest absolute Gasteiger partial charge is 0.180 e. The van der Waals surface area contributed by atoms with Gasteiger partial charge in [0.25, 0.3) is 0 Å². The minimum Gasteiger partial charge on any atom is -0.390 e. The number of aromatic nitrogens is 5. The molecule has 0 aliphatic carbocycles. The topological polar surface area (TPSA) is 83.5 Å². The molecule has 0 saturated carbocycles. The van der Waals surface area contributed by atoms with Gasteiger partial charge < -0.3 is 24.3 Å². The zero-order valence-corrected chi connectivity index (χ0v) is 19.3. The first-order chi connectivity index (χ1) is 16.4. The molecule has 1 aliphatic rings. The summed E-state index contributed by atoms with van der Waals surface area (Å²) < 4.78 is 4.00. The number of imidazole rings is 2. The fraction of sp³-hybridized carbons (Fsp3) is 0.269. The second-order valence-electron chi connectivity index (χ2n) is 9.35. The third-order valence-corrected chi connectivity index (χ3v) is 6.73. The molecule has 0 spiro atoms. The third kappa shape index (κ3) is 3.76. The van der Waals surface area contributed by atoms with Crippen molar-refractivity contribution in [2.24, 2.45) is 7.05 Å².